The molecule has 1 aliphatic rings. The third kappa shape index (κ3) is 2.90. The molecule has 0 bridgehead atoms. The maximum Gasteiger partial charge on any atom is 0.267 e. The van der Waals surface area contributed by atoms with Crippen molar-refractivity contribution in [1.82, 2.24) is 15.1 Å². The molecular formula is C17H21N3O. The number of hydrogen-bond acceptors (Lipinski definition) is 3. The van der Waals surface area contributed by atoms with Gasteiger partial charge in [0.25, 0.3) is 5.56 Å². The van der Waals surface area contributed by atoms with E-state index in [0.717, 1.165) is 37.2 Å². The SMILES string of the molecule is Cc1ccc(-c2ccc(=O)n(C3CCNCC3)n2)c(C)c1. The van der Waals surface area contributed by atoms with Crippen molar-refractivity contribution in [2.45, 2.75) is 32.7 Å². The molecule has 0 amide bonds. The van der Waals surface area contributed by atoms with Crippen molar-refractivity contribution in [3.63, 3.8) is 0 Å². The van der Waals surface area contributed by atoms with Crippen LogP contribution in [0.25, 0.3) is 11.3 Å². The summed E-state index contributed by atoms with van der Waals surface area (Å²) in [7, 11) is 0. The van der Waals surface area contributed by atoms with Gasteiger partial charge in [0.05, 0.1) is 11.7 Å². The van der Waals surface area contributed by atoms with E-state index < -0.39 is 0 Å². The minimum atomic E-state index is -0.00425. The Morgan fingerprint density at radius 3 is 2.62 bits per heavy atom. The molecule has 1 aromatic carbocycles. The Hall–Kier alpha value is -1.94. The lowest BCUT2D eigenvalue weighted by atomic mass is 10.0. The van der Waals surface area contributed by atoms with Crippen molar-refractivity contribution in [3.05, 3.63) is 51.8 Å². The Bertz CT molecular complexity index is 699. The first kappa shape index (κ1) is 14.0. The molecule has 21 heavy (non-hydrogen) atoms. The standard InChI is InChI=1S/C17H21N3O/c1-12-3-4-15(13(2)11-12)16-5-6-17(21)20(19-16)14-7-9-18-10-8-14/h3-6,11,14,18H,7-10H2,1-2H3. The second-order valence-corrected chi connectivity index (χ2v) is 5.80. The van der Waals surface area contributed by atoms with Crippen LogP contribution in [0.4, 0.5) is 0 Å². The van der Waals surface area contributed by atoms with Crippen molar-refractivity contribution < 1.29 is 0 Å². The zero-order valence-corrected chi connectivity index (χ0v) is 12.6. The smallest absolute Gasteiger partial charge is 0.267 e. The van der Waals surface area contributed by atoms with E-state index >= 15 is 0 Å². The highest BCUT2D eigenvalue weighted by Gasteiger charge is 2.17. The zero-order chi connectivity index (χ0) is 14.8. The van der Waals surface area contributed by atoms with Crippen LogP contribution in [0.1, 0.15) is 30.0 Å². The van der Waals surface area contributed by atoms with Crippen LogP contribution in [-0.2, 0) is 0 Å². The van der Waals surface area contributed by atoms with Crippen LogP contribution in [0.5, 0.6) is 0 Å². The highest BCUT2D eigenvalue weighted by Crippen LogP contribution is 2.23. The fourth-order valence-corrected chi connectivity index (χ4v) is 2.98. The molecule has 1 aliphatic heterocycles. The summed E-state index contributed by atoms with van der Waals surface area (Å²) in [6.07, 6.45) is 1.92. The van der Waals surface area contributed by atoms with Gasteiger partial charge in [-0.15, -0.1) is 0 Å². The van der Waals surface area contributed by atoms with E-state index in [1.807, 2.05) is 6.07 Å². The molecule has 0 radical (unpaired) electrons. The highest BCUT2D eigenvalue weighted by molar-refractivity contribution is 5.63. The summed E-state index contributed by atoms with van der Waals surface area (Å²) in [5, 5.41) is 7.96. The summed E-state index contributed by atoms with van der Waals surface area (Å²) in [6, 6.07) is 10.0. The van der Waals surface area contributed by atoms with Crippen molar-refractivity contribution in [1.29, 1.82) is 0 Å². The van der Waals surface area contributed by atoms with E-state index in [1.54, 1.807) is 10.7 Å². The number of aryl methyl sites for hydroxylation is 2. The van der Waals surface area contributed by atoms with Crippen LogP contribution in [-0.4, -0.2) is 22.9 Å². The lowest BCUT2D eigenvalue weighted by molar-refractivity contribution is 0.332. The molecule has 4 heteroatoms. The van der Waals surface area contributed by atoms with E-state index in [2.05, 4.69) is 42.5 Å². The summed E-state index contributed by atoms with van der Waals surface area (Å²) in [6.45, 7) is 6.07. The first-order chi connectivity index (χ1) is 10.1. The first-order valence-corrected chi connectivity index (χ1v) is 7.53. The monoisotopic (exact) mass is 283 g/mol. The third-order valence-electron chi connectivity index (χ3n) is 4.14. The van der Waals surface area contributed by atoms with Gasteiger partial charge in [-0.3, -0.25) is 4.79 Å². The van der Waals surface area contributed by atoms with E-state index in [1.165, 1.54) is 11.1 Å². The number of nitrogens with one attached hydrogen (secondary N) is 1. The Balaban J connectivity index is 2.02. The average Bonchev–Trinajstić information content (AvgIpc) is 2.49. The van der Waals surface area contributed by atoms with Crippen LogP contribution < -0.4 is 10.9 Å². The predicted molar refractivity (Wildman–Crippen MR) is 84.5 cm³/mol. The second kappa shape index (κ2) is 5.82. The number of rotatable bonds is 2. The van der Waals surface area contributed by atoms with E-state index in [-0.39, 0.29) is 11.6 Å². The van der Waals surface area contributed by atoms with Gasteiger partial charge in [0.2, 0.25) is 0 Å². The number of hydrogen-bond donors (Lipinski definition) is 1. The molecule has 0 atom stereocenters. The lowest BCUT2D eigenvalue weighted by Crippen LogP contribution is -2.35. The minimum Gasteiger partial charge on any atom is -0.317 e. The largest absolute Gasteiger partial charge is 0.317 e. The Kier molecular flexibility index (Phi) is 3.88. The molecule has 1 fully saturated rings. The molecule has 3 rings (SSSR count). The number of aromatic nitrogens is 2. The van der Waals surface area contributed by atoms with Crippen molar-refractivity contribution in [3.8, 4) is 11.3 Å². The van der Waals surface area contributed by atoms with Gasteiger partial charge in [-0.25, -0.2) is 4.68 Å². The Morgan fingerprint density at radius 1 is 1.14 bits per heavy atom. The van der Waals surface area contributed by atoms with Gasteiger partial charge in [-0.2, -0.15) is 5.10 Å². The molecule has 2 aromatic rings. The lowest BCUT2D eigenvalue weighted by Gasteiger charge is -2.24. The molecular weight excluding hydrogens is 262 g/mol. The number of nitrogens with zero attached hydrogens (tertiary/aromatic N) is 2. The summed E-state index contributed by atoms with van der Waals surface area (Å²) < 4.78 is 1.68. The second-order valence-electron chi connectivity index (χ2n) is 5.80. The van der Waals surface area contributed by atoms with Crippen LogP contribution >= 0.6 is 0 Å². The number of piperidine rings is 1. The van der Waals surface area contributed by atoms with Gasteiger partial charge in [0, 0.05) is 11.6 Å². The number of benzene rings is 1. The summed E-state index contributed by atoms with van der Waals surface area (Å²) in [4.78, 5) is 12.1. The fourth-order valence-electron chi connectivity index (χ4n) is 2.98. The third-order valence-corrected chi connectivity index (χ3v) is 4.14. The van der Waals surface area contributed by atoms with Crippen LogP contribution in [0.15, 0.2) is 35.1 Å². The fraction of sp³-hybridized carbons (Fsp3) is 0.412. The molecule has 1 saturated heterocycles. The van der Waals surface area contributed by atoms with Crippen LogP contribution in [0, 0.1) is 13.8 Å². The molecule has 0 aliphatic carbocycles. The summed E-state index contributed by atoms with van der Waals surface area (Å²) in [5.41, 5.74) is 4.41. The van der Waals surface area contributed by atoms with Crippen molar-refractivity contribution >= 4 is 0 Å². The maximum atomic E-state index is 12.1. The molecule has 0 unspecified atom stereocenters. The van der Waals surface area contributed by atoms with Gasteiger partial charge >= 0.3 is 0 Å². The molecule has 0 saturated carbocycles. The van der Waals surface area contributed by atoms with Gasteiger partial charge in [-0.05, 0) is 51.4 Å². The highest BCUT2D eigenvalue weighted by atomic mass is 16.1. The summed E-state index contributed by atoms with van der Waals surface area (Å²) >= 11 is 0. The normalized spacial score (nSPS) is 16.1. The average molecular weight is 283 g/mol. The van der Waals surface area contributed by atoms with E-state index in [4.69, 9.17) is 0 Å². The van der Waals surface area contributed by atoms with Crippen LogP contribution in [0.3, 0.4) is 0 Å². The van der Waals surface area contributed by atoms with E-state index in [9.17, 15) is 4.79 Å². The molecule has 1 aromatic heterocycles. The molecule has 2 heterocycles. The van der Waals surface area contributed by atoms with Crippen molar-refractivity contribution in [2.24, 2.45) is 0 Å². The Morgan fingerprint density at radius 2 is 1.90 bits per heavy atom. The predicted octanol–water partition coefficient (Wildman–Crippen LogP) is 2.45. The topological polar surface area (TPSA) is 46.9 Å². The Labute approximate surface area is 124 Å². The van der Waals surface area contributed by atoms with Gasteiger partial charge in [0.15, 0.2) is 0 Å². The minimum absolute atomic E-state index is 0.00425. The van der Waals surface area contributed by atoms with Gasteiger partial charge in [0.1, 0.15) is 0 Å². The molecule has 110 valence electrons. The molecule has 4 nitrogen and oxygen atoms in total. The van der Waals surface area contributed by atoms with E-state index in [0.29, 0.717) is 0 Å². The maximum absolute atomic E-state index is 12.1. The molecule has 1 N–H and O–H groups in total. The van der Waals surface area contributed by atoms with Crippen molar-refractivity contribution in [2.75, 3.05) is 13.1 Å². The zero-order valence-electron chi connectivity index (χ0n) is 12.6. The van der Waals surface area contributed by atoms with Gasteiger partial charge in [-0.1, -0.05) is 23.8 Å². The quantitative estimate of drug-likeness (QED) is 0.921. The van der Waals surface area contributed by atoms with Gasteiger partial charge < -0.3 is 5.32 Å². The van der Waals surface area contributed by atoms with Crippen LogP contribution in [0.2, 0.25) is 0 Å². The summed E-state index contributed by atoms with van der Waals surface area (Å²) in [5.74, 6) is 0. The first-order valence-electron chi connectivity index (χ1n) is 7.53. The molecule has 0 spiro atoms.